The van der Waals surface area contributed by atoms with E-state index in [1.54, 1.807) is 0 Å². The van der Waals surface area contributed by atoms with Gasteiger partial charge in [0, 0.05) is 24.2 Å². The lowest BCUT2D eigenvalue weighted by atomic mass is 10.2. The lowest BCUT2D eigenvalue weighted by molar-refractivity contribution is -0.119. The molecule has 100 valence electrons. The topological polar surface area (TPSA) is 66.9 Å². The first-order valence-electron chi connectivity index (χ1n) is 6.39. The maximum atomic E-state index is 11.5. The zero-order chi connectivity index (χ0) is 13.5. The summed E-state index contributed by atoms with van der Waals surface area (Å²) >= 11 is 0. The first-order valence-corrected chi connectivity index (χ1v) is 6.39. The minimum atomic E-state index is -0.0146. The third-order valence-electron chi connectivity index (χ3n) is 2.39. The van der Waals surface area contributed by atoms with Gasteiger partial charge < -0.3 is 10.6 Å². The summed E-state index contributed by atoms with van der Waals surface area (Å²) < 4.78 is 0. The second kappa shape index (κ2) is 6.93. The molecule has 0 bridgehead atoms. The maximum absolute atomic E-state index is 11.5. The summed E-state index contributed by atoms with van der Waals surface area (Å²) in [7, 11) is 0. The fourth-order valence-corrected chi connectivity index (χ4v) is 1.44. The van der Waals surface area contributed by atoms with Gasteiger partial charge in [-0.05, 0) is 13.3 Å². The van der Waals surface area contributed by atoms with E-state index in [9.17, 15) is 4.79 Å². The molecule has 5 nitrogen and oxygen atoms in total. The van der Waals surface area contributed by atoms with Crippen LogP contribution in [0, 0.1) is 6.92 Å². The number of anilines is 1. The van der Waals surface area contributed by atoms with Crippen molar-refractivity contribution >= 4 is 11.7 Å². The smallest absolute Gasteiger partial charge is 0.239 e. The van der Waals surface area contributed by atoms with Crippen molar-refractivity contribution in [2.45, 2.75) is 40.0 Å². The number of nitrogens with one attached hydrogen (secondary N) is 2. The van der Waals surface area contributed by atoms with Crippen LogP contribution >= 0.6 is 0 Å². The number of carbonyl (C=O) groups is 1. The normalized spacial score (nSPS) is 10.5. The van der Waals surface area contributed by atoms with Gasteiger partial charge in [0.2, 0.25) is 5.91 Å². The predicted molar refractivity (Wildman–Crippen MR) is 72.6 cm³/mol. The van der Waals surface area contributed by atoms with Gasteiger partial charge in [0.05, 0.1) is 6.54 Å². The highest BCUT2D eigenvalue weighted by Crippen LogP contribution is 2.13. The third kappa shape index (κ3) is 4.69. The maximum Gasteiger partial charge on any atom is 0.239 e. The summed E-state index contributed by atoms with van der Waals surface area (Å²) in [5.41, 5.74) is 0.908. The average Bonchev–Trinajstić information content (AvgIpc) is 2.33. The Balaban J connectivity index is 2.59. The van der Waals surface area contributed by atoms with E-state index in [4.69, 9.17) is 0 Å². The zero-order valence-electron chi connectivity index (χ0n) is 11.6. The van der Waals surface area contributed by atoms with Crippen LogP contribution in [-0.4, -0.2) is 29.0 Å². The molecule has 0 atom stereocenters. The molecule has 0 aromatic carbocycles. The van der Waals surface area contributed by atoms with Crippen LogP contribution in [0.25, 0.3) is 0 Å². The lowest BCUT2D eigenvalue weighted by Gasteiger charge is -2.10. The summed E-state index contributed by atoms with van der Waals surface area (Å²) in [5.74, 6) is 1.77. The van der Waals surface area contributed by atoms with Crippen molar-refractivity contribution in [1.82, 2.24) is 15.3 Å². The van der Waals surface area contributed by atoms with Gasteiger partial charge in [0.25, 0.3) is 0 Å². The molecule has 0 radical (unpaired) electrons. The Kier molecular flexibility index (Phi) is 5.55. The van der Waals surface area contributed by atoms with Crippen molar-refractivity contribution in [1.29, 1.82) is 0 Å². The molecule has 0 aliphatic carbocycles. The van der Waals surface area contributed by atoms with E-state index in [0.29, 0.717) is 12.4 Å². The fraction of sp³-hybridized carbons (Fsp3) is 0.615. The number of carbonyl (C=O) groups excluding carboxylic acids is 1. The van der Waals surface area contributed by atoms with Crippen molar-refractivity contribution in [3.63, 3.8) is 0 Å². The molecule has 5 heteroatoms. The summed E-state index contributed by atoms with van der Waals surface area (Å²) in [4.78, 5) is 20.2. The van der Waals surface area contributed by atoms with Gasteiger partial charge in [0.1, 0.15) is 11.6 Å². The van der Waals surface area contributed by atoms with E-state index in [-0.39, 0.29) is 18.4 Å². The van der Waals surface area contributed by atoms with Crippen LogP contribution in [0.1, 0.15) is 44.6 Å². The molecule has 0 spiro atoms. The van der Waals surface area contributed by atoms with Crippen LogP contribution in [0.15, 0.2) is 6.07 Å². The highest BCUT2D eigenvalue weighted by molar-refractivity contribution is 5.80. The van der Waals surface area contributed by atoms with Crippen molar-refractivity contribution in [3.05, 3.63) is 17.6 Å². The van der Waals surface area contributed by atoms with Gasteiger partial charge in [-0.15, -0.1) is 0 Å². The second-order valence-corrected chi connectivity index (χ2v) is 4.61. The highest BCUT2D eigenvalue weighted by atomic mass is 16.1. The minimum absolute atomic E-state index is 0.0146. The van der Waals surface area contributed by atoms with Gasteiger partial charge in [-0.1, -0.05) is 20.8 Å². The quantitative estimate of drug-likeness (QED) is 0.808. The molecule has 0 aliphatic rings. The van der Waals surface area contributed by atoms with E-state index in [2.05, 4.69) is 20.6 Å². The molecule has 0 fully saturated rings. The van der Waals surface area contributed by atoms with Gasteiger partial charge in [-0.3, -0.25) is 4.79 Å². The molecule has 0 saturated carbocycles. The average molecular weight is 250 g/mol. The Morgan fingerprint density at radius 1 is 1.39 bits per heavy atom. The molecule has 18 heavy (non-hydrogen) atoms. The molecule has 1 aromatic heterocycles. The Labute approximate surface area is 108 Å². The molecule has 1 rings (SSSR count). The van der Waals surface area contributed by atoms with Gasteiger partial charge in [-0.2, -0.15) is 0 Å². The standard InChI is InChI=1S/C13H22N4O/c1-5-6-14-12(18)8-15-11-7-10(4)16-13(17-11)9(2)3/h7,9H,5-6,8H2,1-4H3,(H,14,18)(H,15,16,17). The number of aromatic nitrogens is 2. The Bertz CT molecular complexity index is 404. The third-order valence-corrected chi connectivity index (χ3v) is 2.39. The van der Waals surface area contributed by atoms with Crippen LogP contribution in [-0.2, 0) is 4.79 Å². The van der Waals surface area contributed by atoms with E-state index in [0.717, 1.165) is 17.9 Å². The first-order chi connectivity index (χ1) is 8.52. The van der Waals surface area contributed by atoms with Crippen LogP contribution in [0.2, 0.25) is 0 Å². The summed E-state index contributed by atoms with van der Waals surface area (Å²) in [6.07, 6.45) is 0.940. The predicted octanol–water partition coefficient (Wildman–Crippen LogP) is 1.85. The number of hydrogen-bond acceptors (Lipinski definition) is 4. The van der Waals surface area contributed by atoms with Gasteiger partial charge in [-0.25, -0.2) is 9.97 Å². The van der Waals surface area contributed by atoms with Crippen LogP contribution < -0.4 is 10.6 Å². The largest absolute Gasteiger partial charge is 0.361 e. The Morgan fingerprint density at radius 3 is 2.72 bits per heavy atom. The molecule has 0 saturated heterocycles. The molecule has 1 heterocycles. The van der Waals surface area contributed by atoms with E-state index < -0.39 is 0 Å². The summed E-state index contributed by atoms with van der Waals surface area (Å²) in [6, 6.07) is 1.85. The monoisotopic (exact) mass is 250 g/mol. The molecular formula is C13H22N4O. The van der Waals surface area contributed by atoms with Crippen molar-refractivity contribution in [2.24, 2.45) is 0 Å². The molecule has 0 unspecified atom stereocenters. The van der Waals surface area contributed by atoms with E-state index in [1.165, 1.54) is 0 Å². The number of rotatable bonds is 6. The Hall–Kier alpha value is -1.65. The molecular weight excluding hydrogens is 228 g/mol. The van der Waals surface area contributed by atoms with E-state index in [1.807, 2.05) is 33.8 Å². The van der Waals surface area contributed by atoms with Crippen molar-refractivity contribution in [2.75, 3.05) is 18.4 Å². The number of hydrogen-bond donors (Lipinski definition) is 2. The van der Waals surface area contributed by atoms with Gasteiger partial charge in [0.15, 0.2) is 0 Å². The van der Waals surface area contributed by atoms with Crippen molar-refractivity contribution in [3.8, 4) is 0 Å². The molecule has 1 amide bonds. The van der Waals surface area contributed by atoms with Crippen LogP contribution in [0.4, 0.5) is 5.82 Å². The number of aryl methyl sites for hydroxylation is 1. The SMILES string of the molecule is CCCNC(=O)CNc1cc(C)nc(C(C)C)n1. The van der Waals surface area contributed by atoms with Crippen LogP contribution in [0.5, 0.6) is 0 Å². The lowest BCUT2D eigenvalue weighted by Crippen LogP contribution is -2.30. The highest BCUT2D eigenvalue weighted by Gasteiger charge is 2.07. The molecule has 2 N–H and O–H groups in total. The number of nitrogens with zero attached hydrogens (tertiary/aromatic N) is 2. The summed E-state index contributed by atoms with van der Waals surface area (Å²) in [5, 5.41) is 5.84. The van der Waals surface area contributed by atoms with Crippen LogP contribution in [0.3, 0.4) is 0 Å². The first kappa shape index (κ1) is 14.4. The van der Waals surface area contributed by atoms with Crippen molar-refractivity contribution < 1.29 is 4.79 Å². The fourth-order valence-electron chi connectivity index (χ4n) is 1.44. The molecule has 0 aliphatic heterocycles. The minimum Gasteiger partial charge on any atom is -0.361 e. The molecule has 1 aromatic rings. The Morgan fingerprint density at radius 2 is 2.11 bits per heavy atom. The summed E-state index contributed by atoms with van der Waals surface area (Å²) in [6.45, 7) is 9.00. The zero-order valence-corrected chi connectivity index (χ0v) is 11.6. The number of amides is 1. The van der Waals surface area contributed by atoms with E-state index >= 15 is 0 Å². The second-order valence-electron chi connectivity index (χ2n) is 4.61. The van der Waals surface area contributed by atoms with Gasteiger partial charge >= 0.3 is 0 Å².